The van der Waals surface area contributed by atoms with Gasteiger partial charge in [-0.15, -0.1) is 0 Å². The van der Waals surface area contributed by atoms with Crippen molar-refractivity contribution in [1.82, 2.24) is 0 Å². The predicted molar refractivity (Wildman–Crippen MR) is 176 cm³/mol. The maximum atomic E-state index is 5.75. The van der Waals surface area contributed by atoms with Crippen molar-refractivity contribution in [3.63, 3.8) is 0 Å². The summed E-state index contributed by atoms with van der Waals surface area (Å²) in [5.74, 6) is 3.37. The molecule has 4 heteroatoms. The Morgan fingerprint density at radius 2 is 0.409 bits per heavy atom. The fourth-order valence-corrected chi connectivity index (χ4v) is 4.23. The second-order valence-electron chi connectivity index (χ2n) is 10.0. The minimum absolute atomic E-state index is 0.574. The Hall–Kier alpha value is -5.48. The van der Waals surface area contributed by atoms with Crippen LogP contribution in [0.5, 0.6) is 23.0 Å². The van der Waals surface area contributed by atoms with Crippen LogP contribution in [0.4, 0.5) is 0 Å². The summed E-state index contributed by atoms with van der Waals surface area (Å²) >= 11 is 0. The lowest BCUT2D eigenvalue weighted by Crippen LogP contribution is -1.96. The summed E-state index contributed by atoms with van der Waals surface area (Å²) in [5, 5.41) is 0. The molecule has 0 amide bonds. The molecule has 0 fully saturated rings. The molecule has 0 heterocycles. The van der Waals surface area contributed by atoms with Gasteiger partial charge in [-0.3, -0.25) is 0 Å². The second-order valence-corrected chi connectivity index (χ2v) is 10.0. The van der Waals surface area contributed by atoms with E-state index in [0.29, 0.717) is 26.4 Å². The first-order chi connectivity index (χ1) is 21.8. The van der Waals surface area contributed by atoms with Crippen LogP contribution in [0, 0.1) is 0 Å². The summed E-state index contributed by atoms with van der Waals surface area (Å²) in [5.41, 5.74) is 4.64. The van der Waals surface area contributed by atoms with E-state index in [-0.39, 0.29) is 0 Å². The molecule has 4 nitrogen and oxygen atoms in total. The topological polar surface area (TPSA) is 36.9 Å². The van der Waals surface area contributed by atoms with Crippen molar-refractivity contribution in [2.75, 3.05) is 0 Å². The van der Waals surface area contributed by atoms with Crippen LogP contribution in [0.25, 0.3) is 0 Å². The molecule has 0 aliphatic heterocycles. The lowest BCUT2D eigenvalue weighted by Gasteiger charge is -2.09. The van der Waals surface area contributed by atoms with E-state index in [2.05, 4.69) is 48.5 Å². The van der Waals surface area contributed by atoms with Crippen molar-refractivity contribution in [2.24, 2.45) is 0 Å². The second kappa shape index (κ2) is 16.8. The number of ether oxygens (including phenoxy) is 4. The van der Waals surface area contributed by atoms with E-state index in [4.69, 9.17) is 18.9 Å². The first kappa shape index (κ1) is 30.0. The minimum atomic E-state index is 0.574. The molecule has 0 aliphatic rings. The third-order valence-corrected chi connectivity index (χ3v) is 6.64. The summed E-state index contributed by atoms with van der Waals surface area (Å²) in [4.78, 5) is 0. The highest BCUT2D eigenvalue weighted by molar-refractivity contribution is 5.33. The van der Waals surface area contributed by atoms with E-state index >= 15 is 0 Å². The van der Waals surface area contributed by atoms with Gasteiger partial charge in [-0.25, -0.2) is 0 Å². The number of hydrogen-bond donors (Lipinski definition) is 0. The first-order valence-electron chi connectivity index (χ1n) is 14.7. The molecule has 0 radical (unpaired) electrons. The van der Waals surface area contributed by atoms with Gasteiger partial charge in [-0.05, 0) is 70.8 Å². The molecule has 0 atom stereocenters. The fraction of sp³-hybridized carbons (Fsp3) is 0.100. The smallest absolute Gasteiger partial charge is 0.120 e. The van der Waals surface area contributed by atoms with Gasteiger partial charge >= 0.3 is 0 Å². The molecule has 6 aromatic rings. The van der Waals surface area contributed by atoms with Gasteiger partial charge in [0.25, 0.3) is 0 Å². The molecular weight excluding hydrogens is 544 g/mol. The Labute approximate surface area is 260 Å². The lowest BCUT2D eigenvalue weighted by molar-refractivity contribution is 0.297. The average molecular weight is 581 g/mol. The van der Waals surface area contributed by atoms with Crippen molar-refractivity contribution < 1.29 is 18.9 Å². The van der Waals surface area contributed by atoms with Crippen LogP contribution in [0.2, 0.25) is 0 Å². The third kappa shape index (κ3) is 10.4. The van der Waals surface area contributed by atoms with E-state index in [1.807, 2.05) is 121 Å². The number of hydrogen-bond acceptors (Lipinski definition) is 4. The van der Waals surface area contributed by atoms with Crippen molar-refractivity contribution >= 4 is 0 Å². The summed E-state index contributed by atoms with van der Waals surface area (Å²) in [7, 11) is 0. The quantitative estimate of drug-likeness (QED) is 0.144. The van der Waals surface area contributed by atoms with E-state index in [1.165, 1.54) is 0 Å². The van der Waals surface area contributed by atoms with E-state index < -0.39 is 0 Å². The van der Waals surface area contributed by atoms with Gasteiger partial charge in [-0.2, -0.15) is 0 Å². The van der Waals surface area contributed by atoms with Crippen molar-refractivity contribution in [1.29, 1.82) is 0 Å². The molecule has 0 unspecified atom stereocenters. The molecule has 0 aliphatic carbocycles. The molecule has 6 aromatic carbocycles. The highest BCUT2D eigenvalue weighted by atomic mass is 16.5. The van der Waals surface area contributed by atoms with Gasteiger partial charge in [0.2, 0.25) is 0 Å². The molecule has 0 bridgehead atoms. The van der Waals surface area contributed by atoms with Crippen molar-refractivity contribution in [3.05, 3.63) is 192 Å². The molecule has 6 rings (SSSR count). The van der Waals surface area contributed by atoms with Crippen LogP contribution < -0.4 is 18.9 Å². The minimum Gasteiger partial charge on any atom is -0.489 e. The molecule has 0 spiro atoms. The van der Waals surface area contributed by atoms with Crippen LogP contribution >= 0.6 is 0 Å². The summed E-state index contributed by atoms with van der Waals surface area (Å²) in [6.07, 6.45) is 0. The van der Waals surface area contributed by atoms with Gasteiger partial charge in [0.05, 0.1) is 0 Å². The predicted octanol–water partition coefficient (Wildman–Crippen LogP) is 9.69. The van der Waals surface area contributed by atoms with Crippen LogP contribution in [0.15, 0.2) is 170 Å². The monoisotopic (exact) mass is 580 g/mol. The Kier molecular flexibility index (Phi) is 11.5. The largest absolute Gasteiger partial charge is 0.489 e. The zero-order valence-electron chi connectivity index (χ0n) is 24.6. The van der Waals surface area contributed by atoms with Crippen molar-refractivity contribution in [3.8, 4) is 23.0 Å². The zero-order valence-corrected chi connectivity index (χ0v) is 24.6. The molecule has 0 saturated heterocycles. The van der Waals surface area contributed by atoms with E-state index in [9.17, 15) is 0 Å². The van der Waals surface area contributed by atoms with Crippen LogP contribution in [-0.4, -0.2) is 0 Å². The van der Waals surface area contributed by atoms with Crippen LogP contribution in [0.1, 0.15) is 22.3 Å². The summed E-state index contributed by atoms with van der Waals surface area (Å²) in [6.45, 7) is 2.30. The lowest BCUT2D eigenvalue weighted by atomic mass is 10.2. The van der Waals surface area contributed by atoms with Crippen molar-refractivity contribution in [2.45, 2.75) is 26.4 Å². The Bertz CT molecular complexity index is 1350. The maximum Gasteiger partial charge on any atom is 0.120 e. The van der Waals surface area contributed by atoms with Crippen LogP contribution in [-0.2, 0) is 26.4 Å². The molecule has 0 N–H and O–H groups in total. The number of rotatable bonds is 12. The molecule has 0 saturated carbocycles. The molecule has 0 aromatic heterocycles. The average Bonchev–Trinajstić information content (AvgIpc) is 3.11. The zero-order chi connectivity index (χ0) is 30.1. The SMILES string of the molecule is c1ccc(COc2ccc(OCc3ccccc3)cc2)cc1.c1ccc(COc2ccc(OCc3ccccc3)cc2)cc1. The van der Waals surface area contributed by atoms with E-state index in [1.54, 1.807) is 0 Å². The van der Waals surface area contributed by atoms with Gasteiger partial charge in [0.1, 0.15) is 49.4 Å². The molecular formula is C40H36O4. The van der Waals surface area contributed by atoms with E-state index in [0.717, 1.165) is 45.3 Å². The summed E-state index contributed by atoms with van der Waals surface area (Å²) < 4.78 is 23.0. The third-order valence-electron chi connectivity index (χ3n) is 6.64. The first-order valence-corrected chi connectivity index (χ1v) is 14.7. The fourth-order valence-electron chi connectivity index (χ4n) is 4.23. The summed E-state index contributed by atoms with van der Waals surface area (Å²) in [6, 6.07) is 56.0. The number of benzene rings is 6. The Morgan fingerprint density at radius 1 is 0.227 bits per heavy atom. The van der Waals surface area contributed by atoms with Gasteiger partial charge in [0.15, 0.2) is 0 Å². The van der Waals surface area contributed by atoms with Crippen LogP contribution in [0.3, 0.4) is 0 Å². The Morgan fingerprint density at radius 3 is 0.591 bits per heavy atom. The standard InChI is InChI=1S/2C20H18O2/c2*1-3-7-17(8-4-1)15-21-19-11-13-20(14-12-19)22-16-18-9-5-2-6-10-18/h2*1-14H,15-16H2. The molecule has 220 valence electrons. The highest BCUT2D eigenvalue weighted by Crippen LogP contribution is 2.21. The van der Waals surface area contributed by atoms with Gasteiger partial charge in [-0.1, -0.05) is 121 Å². The maximum absolute atomic E-state index is 5.75. The highest BCUT2D eigenvalue weighted by Gasteiger charge is 2.00. The normalized spacial score (nSPS) is 10.2. The Balaban J connectivity index is 0.000000175. The van der Waals surface area contributed by atoms with Gasteiger partial charge in [0, 0.05) is 0 Å². The molecule has 44 heavy (non-hydrogen) atoms. The van der Waals surface area contributed by atoms with Gasteiger partial charge < -0.3 is 18.9 Å².